The van der Waals surface area contributed by atoms with Crippen LogP contribution in [0.3, 0.4) is 0 Å². The van der Waals surface area contributed by atoms with Gasteiger partial charge < -0.3 is 14.2 Å². The summed E-state index contributed by atoms with van der Waals surface area (Å²) in [6.07, 6.45) is 6.04. The molecule has 3 saturated heterocycles. The van der Waals surface area contributed by atoms with Crippen LogP contribution in [0.4, 0.5) is 0 Å². The number of nitrogens with zero attached hydrogens (tertiary/aromatic N) is 3. The highest BCUT2D eigenvalue weighted by Crippen LogP contribution is 2.34. The van der Waals surface area contributed by atoms with Crippen LogP contribution in [0, 0.1) is 5.92 Å². The lowest BCUT2D eigenvalue weighted by atomic mass is 9.99. The molecule has 22 heavy (non-hydrogen) atoms. The molecule has 0 aromatic carbocycles. The van der Waals surface area contributed by atoms with E-state index in [9.17, 15) is 4.79 Å². The first kappa shape index (κ1) is 14.2. The first-order valence-corrected chi connectivity index (χ1v) is 8.36. The van der Waals surface area contributed by atoms with Crippen molar-refractivity contribution in [1.29, 1.82) is 0 Å². The van der Waals surface area contributed by atoms with Gasteiger partial charge in [-0.1, -0.05) is 5.16 Å². The van der Waals surface area contributed by atoms with Crippen LogP contribution in [-0.2, 0) is 4.74 Å². The Balaban J connectivity index is 1.39. The average Bonchev–Trinajstić information content (AvgIpc) is 3.26. The summed E-state index contributed by atoms with van der Waals surface area (Å²) in [5.74, 6) is 1.12. The second kappa shape index (κ2) is 6.01. The van der Waals surface area contributed by atoms with Crippen molar-refractivity contribution in [2.75, 3.05) is 32.8 Å². The molecule has 3 fully saturated rings. The molecule has 0 bridgehead atoms. The van der Waals surface area contributed by atoms with E-state index < -0.39 is 0 Å². The van der Waals surface area contributed by atoms with Gasteiger partial charge in [-0.2, -0.15) is 0 Å². The van der Waals surface area contributed by atoms with E-state index in [2.05, 4.69) is 10.1 Å². The molecule has 2 atom stereocenters. The molecule has 4 heterocycles. The first-order valence-electron chi connectivity index (χ1n) is 8.36. The summed E-state index contributed by atoms with van der Waals surface area (Å²) in [6, 6.07) is 2.52. The van der Waals surface area contributed by atoms with Gasteiger partial charge in [0, 0.05) is 51.0 Å². The zero-order valence-corrected chi connectivity index (χ0v) is 12.8. The largest absolute Gasteiger partial charge is 0.381 e. The fraction of sp³-hybridized carbons (Fsp3) is 0.750. The quantitative estimate of drug-likeness (QED) is 0.844. The molecule has 0 aliphatic carbocycles. The number of fused-ring (bicyclic) bond motifs is 1. The van der Waals surface area contributed by atoms with E-state index in [1.165, 1.54) is 19.0 Å². The predicted molar refractivity (Wildman–Crippen MR) is 79.5 cm³/mol. The molecule has 2 unspecified atom stereocenters. The molecule has 3 aliphatic heterocycles. The third kappa shape index (κ3) is 2.54. The zero-order chi connectivity index (χ0) is 14.9. The van der Waals surface area contributed by atoms with Gasteiger partial charge in [0.25, 0.3) is 5.91 Å². The fourth-order valence-electron chi connectivity index (χ4n) is 4.28. The molecule has 0 spiro atoms. The van der Waals surface area contributed by atoms with Gasteiger partial charge in [-0.25, -0.2) is 0 Å². The molecule has 0 saturated carbocycles. The second-order valence-electron chi connectivity index (χ2n) is 6.64. The highest BCUT2D eigenvalue weighted by atomic mass is 16.5. The van der Waals surface area contributed by atoms with Crippen LogP contribution in [0.15, 0.2) is 16.8 Å². The number of hydrogen-bond acceptors (Lipinski definition) is 5. The molecule has 3 aliphatic rings. The number of rotatable bonds is 3. The van der Waals surface area contributed by atoms with Crippen molar-refractivity contribution in [3.05, 3.63) is 18.0 Å². The molecule has 0 N–H and O–H groups in total. The van der Waals surface area contributed by atoms with E-state index in [-0.39, 0.29) is 5.91 Å². The van der Waals surface area contributed by atoms with Gasteiger partial charge in [-0.05, 0) is 31.6 Å². The van der Waals surface area contributed by atoms with Gasteiger partial charge in [-0.15, -0.1) is 0 Å². The fourth-order valence-corrected chi connectivity index (χ4v) is 4.28. The molecule has 6 nitrogen and oxygen atoms in total. The van der Waals surface area contributed by atoms with Crippen LogP contribution >= 0.6 is 0 Å². The Bertz CT molecular complexity index is 513. The summed E-state index contributed by atoms with van der Waals surface area (Å²) < 4.78 is 10.5. The summed E-state index contributed by atoms with van der Waals surface area (Å²) in [7, 11) is 0. The standard InChI is InChI=1S/C16H23N3O3/c20-16(15-1-6-17-22-15)19-8-3-13-14(19)2-7-18(13)11-12-4-9-21-10-5-12/h1,6,12-14H,2-5,7-11H2. The minimum atomic E-state index is -0.00193. The third-order valence-corrected chi connectivity index (χ3v) is 5.43. The maximum absolute atomic E-state index is 12.5. The SMILES string of the molecule is O=C(c1ccno1)N1CCC2C1CCN2CC1CCOCC1. The van der Waals surface area contributed by atoms with Crippen LogP contribution in [-0.4, -0.2) is 65.8 Å². The second-order valence-corrected chi connectivity index (χ2v) is 6.64. The van der Waals surface area contributed by atoms with Crippen molar-refractivity contribution in [2.45, 2.75) is 37.8 Å². The van der Waals surface area contributed by atoms with Gasteiger partial charge in [0.15, 0.2) is 0 Å². The van der Waals surface area contributed by atoms with E-state index >= 15 is 0 Å². The molecular weight excluding hydrogens is 282 g/mol. The van der Waals surface area contributed by atoms with Gasteiger partial charge in [0.1, 0.15) is 0 Å². The highest BCUT2D eigenvalue weighted by Gasteiger charge is 2.45. The lowest BCUT2D eigenvalue weighted by molar-refractivity contribution is 0.0501. The van der Waals surface area contributed by atoms with E-state index in [0.29, 0.717) is 17.8 Å². The van der Waals surface area contributed by atoms with Crippen molar-refractivity contribution < 1.29 is 14.1 Å². The van der Waals surface area contributed by atoms with Crippen LogP contribution in [0.1, 0.15) is 36.2 Å². The smallest absolute Gasteiger partial charge is 0.292 e. The minimum absolute atomic E-state index is 0.00193. The molecule has 120 valence electrons. The van der Waals surface area contributed by atoms with Gasteiger partial charge in [0.2, 0.25) is 5.76 Å². The summed E-state index contributed by atoms with van der Waals surface area (Å²) in [6.45, 7) is 4.91. The lowest BCUT2D eigenvalue weighted by Gasteiger charge is -2.30. The van der Waals surface area contributed by atoms with E-state index in [4.69, 9.17) is 9.26 Å². The summed E-state index contributed by atoms with van der Waals surface area (Å²) >= 11 is 0. The Labute approximate surface area is 130 Å². The van der Waals surface area contributed by atoms with Crippen LogP contribution in [0.25, 0.3) is 0 Å². The molecule has 4 rings (SSSR count). The summed E-state index contributed by atoms with van der Waals surface area (Å²) in [5.41, 5.74) is 0. The number of amides is 1. The van der Waals surface area contributed by atoms with Crippen LogP contribution < -0.4 is 0 Å². The molecule has 1 aromatic rings. The number of hydrogen-bond donors (Lipinski definition) is 0. The maximum Gasteiger partial charge on any atom is 0.292 e. The van der Waals surface area contributed by atoms with Crippen molar-refractivity contribution in [3.8, 4) is 0 Å². The topological polar surface area (TPSA) is 58.8 Å². The Kier molecular flexibility index (Phi) is 3.88. The Morgan fingerprint density at radius 3 is 2.77 bits per heavy atom. The Morgan fingerprint density at radius 2 is 2.00 bits per heavy atom. The first-order chi connectivity index (χ1) is 10.8. The lowest BCUT2D eigenvalue weighted by Crippen LogP contribution is -2.41. The van der Waals surface area contributed by atoms with E-state index in [0.717, 1.165) is 51.6 Å². The molecule has 1 aromatic heterocycles. The summed E-state index contributed by atoms with van der Waals surface area (Å²) in [5, 5.41) is 3.65. The highest BCUT2D eigenvalue weighted by molar-refractivity contribution is 5.91. The van der Waals surface area contributed by atoms with E-state index in [1.807, 2.05) is 4.90 Å². The monoisotopic (exact) mass is 305 g/mol. The molecule has 1 amide bonds. The normalized spacial score (nSPS) is 29.9. The Morgan fingerprint density at radius 1 is 1.18 bits per heavy atom. The molecule has 0 radical (unpaired) electrons. The van der Waals surface area contributed by atoms with Crippen LogP contribution in [0.2, 0.25) is 0 Å². The van der Waals surface area contributed by atoms with Crippen molar-refractivity contribution in [3.63, 3.8) is 0 Å². The third-order valence-electron chi connectivity index (χ3n) is 5.43. The van der Waals surface area contributed by atoms with Crippen molar-refractivity contribution in [2.24, 2.45) is 5.92 Å². The minimum Gasteiger partial charge on any atom is -0.381 e. The number of likely N-dealkylation sites (tertiary alicyclic amines) is 2. The number of aromatic nitrogens is 1. The number of carbonyl (C=O) groups excluding carboxylic acids is 1. The zero-order valence-electron chi connectivity index (χ0n) is 12.8. The van der Waals surface area contributed by atoms with Gasteiger partial charge in [-0.3, -0.25) is 9.69 Å². The average molecular weight is 305 g/mol. The van der Waals surface area contributed by atoms with E-state index in [1.54, 1.807) is 6.07 Å². The number of ether oxygens (including phenoxy) is 1. The maximum atomic E-state index is 12.5. The molecular formula is C16H23N3O3. The number of carbonyl (C=O) groups is 1. The van der Waals surface area contributed by atoms with Crippen LogP contribution in [0.5, 0.6) is 0 Å². The van der Waals surface area contributed by atoms with Crippen molar-refractivity contribution in [1.82, 2.24) is 15.0 Å². The van der Waals surface area contributed by atoms with Gasteiger partial charge >= 0.3 is 0 Å². The van der Waals surface area contributed by atoms with Gasteiger partial charge in [0.05, 0.1) is 6.20 Å². The molecule has 6 heteroatoms. The predicted octanol–water partition coefficient (Wildman–Crippen LogP) is 1.39. The van der Waals surface area contributed by atoms with Crippen molar-refractivity contribution >= 4 is 5.91 Å². The Hall–Kier alpha value is -1.40. The summed E-state index contributed by atoms with van der Waals surface area (Å²) in [4.78, 5) is 17.1.